The number of aliphatic carboxylic acids is 1. The van der Waals surface area contributed by atoms with Gasteiger partial charge < -0.3 is 10.0 Å². The van der Waals surface area contributed by atoms with E-state index in [9.17, 15) is 4.79 Å². The summed E-state index contributed by atoms with van der Waals surface area (Å²) in [4.78, 5) is 12.6. The average Bonchev–Trinajstić information content (AvgIpc) is 2.91. The molecule has 0 aromatic heterocycles. The lowest BCUT2D eigenvalue weighted by atomic mass is 10.0. The second kappa shape index (κ2) is 37.2. The molecule has 0 rings (SSSR count). The molecule has 0 saturated carbocycles. The minimum Gasteiger partial charge on any atom is -0.481 e. The zero-order chi connectivity index (χ0) is 29.1. The molecule has 0 spiro atoms. The maximum atomic E-state index is 10.3. The molecule has 0 unspecified atom stereocenters. The van der Waals surface area contributed by atoms with Crippen LogP contribution in [-0.4, -0.2) is 36.6 Å². The molecular weight excluding hydrogens is 478 g/mol. The van der Waals surface area contributed by atoms with E-state index in [-0.39, 0.29) is 0 Å². The maximum Gasteiger partial charge on any atom is 0.303 e. The third-order valence-corrected chi connectivity index (χ3v) is 7.61. The Morgan fingerprint density at radius 2 is 0.795 bits per heavy atom. The Morgan fingerprint density at radius 1 is 0.487 bits per heavy atom. The number of carboxylic acids is 1. The van der Waals surface area contributed by atoms with Gasteiger partial charge in [-0.1, -0.05) is 161 Å². The summed E-state index contributed by atoms with van der Waals surface area (Å²) in [5, 5.41) is 8.51. The van der Waals surface area contributed by atoms with Crippen LogP contribution in [0.3, 0.4) is 0 Å². The lowest BCUT2D eigenvalue weighted by Gasteiger charge is -2.08. The molecule has 0 radical (unpaired) electrons. The third-order valence-electron chi connectivity index (χ3n) is 7.61. The zero-order valence-corrected chi connectivity index (χ0v) is 27.5. The van der Waals surface area contributed by atoms with Crippen molar-refractivity contribution in [3.63, 3.8) is 0 Å². The first-order chi connectivity index (χ1) is 19.0. The minimum absolute atomic E-state index is 0.332. The molecule has 1 N–H and O–H groups in total. The van der Waals surface area contributed by atoms with Crippen LogP contribution in [0.5, 0.6) is 0 Å². The van der Waals surface area contributed by atoms with Gasteiger partial charge in [0, 0.05) is 6.42 Å². The number of rotatable bonds is 30. The van der Waals surface area contributed by atoms with Crippen LogP contribution in [0.4, 0.5) is 0 Å². The van der Waals surface area contributed by atoms with E-state index in [0.717, 1.165) is 12.8 Å². The summed E-state index contributed by atoms with van der Waals surface area (Å²) in [6.07, 6.45) is 41.6. The molecule has 3 heteroatoms. The number of carbonyl (C=O) groups is 1. The van der Waals surface area contributed by atoms with Gasteiger partial charge in [0.2, 0.25) is 0 Å². The first-order valence-corrected chi connectivity index (χ1v) is 17.6. The standard InChI is InChI=1S/C18H39N.C18H34O2/c1-4-5-6-7-8-9-10-11-12-13-14-15-16-17-18-19(2)3;1-2-3-4-5-6-7-8-9-10-11-12-13-14-15-16-17-18(19)20/h4-18H2,1-3H3;9-10H,2-8,11-17H2,1H3,(H,19,20)/b;10-9-. The summed E-state index contributed by atoms with van der Waals surface area (Å²) in [7, 11) is 4.34. The molecule has 3 nitrogen and oxygen atoms in total. The van der Waals surface area contributed by atoms with Gasteiger partial charge in [-0.05, 0) is 59.2 Å². The number of nitrogens with zero attached hydrogens (tertiary/aromatic N) is 1. The van der Waals surface area contributed by atoms with E-state index in [1.807, 2.05) is 0 Å². The summed E-state index contributed by atoms with van der Waals surface area (Å²) < 4.78 is 0. The summed E-state index contributed by atoms with van der Waals surface area (Å²) in [5.74, 6) is -0.664. The van der Waals surface area contributed by atoms with Gasteiger partial charge >= 0.3 is 5.97 Å². The molecule has 0 aliphatic rings. The van der Waals surface area contributed by atoms with Crippen molar-refractivity contribution in [2.75, 3.05) is 20.6 Å². The van der Waals surface area contributed by atoms with E-state index in [1.165, 1.54) is 167 Å². The fraction of sp³-hybridized carbons (Fsp3) is 0.917. The Hall–Kier alpha value is -0.830. The molecule has 0 heterocycles. The van der Waals surface area contributed by atoms with E-state index in [1.54, 1.807) is 0 Å². The first-order valence-electron chi connectivity index (χ1n) is 17.6. The Morgan fingerprint density at radius 3 is 1.13 bits per heavy atom. The third kappa shape index (κ3) is 44.4. The highest BCUT2D eigenvalue weighted by Crippen LogP contribution is 2.13. The van der Waals surface area contributed by atoms with Crippen LogP contribution in [0, 0.1) is 0 Å². The molecule has 0 aliphatic heterocycles. The monoisotopic (exact) mass is 552 g/mol. The van der Waals surface area contributed by atoms with E-state index < -0.39 is 5.97 Å². The Bertz CT molecular complexity index is 475. The van der Waals surface area contributed by atoms with Crippen molar-refractivity contribution in [2.45, 2.75) is 194 Å². The first kappa shape index (κ1) is 40.3. The van der Waals surface area contributed by atoms with Crippen LogP contribution < -0.4 is 0 Å². The smallest absolute Gasteiger partial charge is 0.303 e. The van der Waals surface area contributed by atoms with Gasteiger partial charge in [-0.15, -0.1) is 0 Å². The number of unbranched alkanes of at least 4 members (excludes halogenated alkanes) is 24. The minimum atomic E-state index is -0.664. The molecule has 39 heavy (non-hydrogen) atoms. The fourth-order valence-electron chi connectivity index (χ4n) is 4.97. The maximum absolute atomic E-state index is 10.3. The quantitative estimate of drug-likeness (QED) is 0.0712. The fourth-order valence-corrected chi connectivity index (χ4v) is 4.97. The van der Waals surface area contributed by atoms with Crippen molar-refractivity contribution in [1.82, 2.24) is 4.90 Å². The van der Waals surface area contributed by atoms with Crippen LogP contribution >= 0.6 is 0 Å². The van der Waals surface area contributed by atoms with E-state index >= 15 is 0 Å². The summed E-state index contributed by atoms with van der Waals surface area (Å²) in [6.45, 7) is 5.81. The van der Waals surface area contributed by atoms with E-state index in [4.69, 9.17) is 5.11 Å². The van der Waals surface area contributed by atoms with Crippen molar-refractivity contribution in [1.29, 1.82) is 0 Å². The van der Waals surface area contributed by atoms with Crippen molar-refractivity contribution in [3.8, 4) is 0 Å². The lowest BCUT2D eigenvalue weighted by molar-refractivity contribution is -0.137. The largest absolute Gasteiger partial charge is 0.481 e. The molecule has 0 amide bonds. The van der Waals surface area contributed by atoms with Crippen molar-refractivity contribution in [3.05, 3.63) is 12.2 Å². The topological polar surface area (TPSA) is 40.5 Å². The predicted molar refractivity (Wildman–Crippen MR) is 176 cm³/mol. The van der Waals surface area contributed by atoms with Crippen LogP contribution in [0.2, 0.25) is 0 Å². The summed E-state index contributed by atoms with van der Waals surface area (Å²) in [5.41, 5.74) is 0. The SMILES string of the molecule is CCCCCCCC/C=C\CCCCCCCC(=O)O.CCCCCCCCCCCCCCCCN(C)C. The van der Waals surface area contributed by atoms with Gasteiger partial charge in [0.15, 0.2) is 0 Å². The molecule has 0 aromatic rings. The Labute approximate surface area is 247 Å². The normalized spacial score (nSPS) is 11.3. The Balaban J connectivity index is 0. The number of carboxylic acid groups (broad SMARTS) is 1. The van der Waals surface area contributed by atoms with Gasteiger partial charge in [0.05, 0.1) is 0 Å². The summed E-state index contributed by atoms with van der Waals surface area (Å²) in [6, 6.07) is 0. The van der Waals surface area contributed by atoms with Gasteiger partial charge in [0.25, 0.3) is 0 Å². The molecule has 0 fully saturated rings. The molecule has 0 atom stereocenters. The second-order valence-corrected chi connectivity index (χ2v) is 12.1. The highest BCUT2D eigenvalue weighted by Gasteiger charge is 1.96. The molecule has 0 aromatic carbocycles. The Kier molecular flexibility index (Phi) is 38.4. The second-order valence-electron chi connectivity index (χ2n) is 12.1. The molecule has 234 valence electrons. The van der Waals surface area contributed by atoms with Crippen LogP contribution in [0.15, 0.2) is 12.2 Å². The van der Waals surface area contributed by atoms with Crippen LogP contribution in [-0.2, 0) is 4.79 Å². The van der Waals surface area contributed by atoms with E-state index in [0.29, 0.717) is 6.42 Å². The molecule has 0 saturated heterocycles. The van der Waals surface area contributed by atoms with Gasteiger partial charge in [0.1, 0.15) is 0 Å². The van der Waals surface area contributed by atoms with E-state index in [2.05, 4.69) is 45.0 Å². The number of allylic oxidation sites excluding steroid dienone is 2. The van der Waals surface area contributed by atoms with Crippen molar-refractivity contribution >= 4 is 5.97 Å². The number of hydrogen-bond acceptors (Lipinski definition) is 2. The molecular formula is C36H73NO2. The average molecular weight is 552 g/mol. The van der Waals surface area contributed by atoms with Crippen LogP contribution in [0.25, 0.3) is 0 Å². The van der Waals surface area contributed by atoms with Gasteiger partial charge in [-0.25, -0.2) is 0 Å². The zero-order valence-electron chi connectivity index (χ0n) is 27.5. The van der Waals surface area contributed by atoms with Crippen molar-refractivity contribution < 1.29 is 9.90 Å². The van der Waals surface area contributed by atoms with Crippen LogP contribution in [0.1, 0.15) is 194 Å². The predicted octanol–water partition coefficient (Wildman–Crippen LogP) is 12.1. The van der Waals surface area contributed by atoms with Gasteiger partial charge in [-0.3, -0.25) is 4.79 Å². The molecule has 0 bridgehead atoms. The summed E-state index contributed by atoms with van der Waals surface area (Å²) >= 11 is 0. The highest BCUT2D eigenvalue weighted by atomic mass is 16.4. The highest BCUT2D eigenvalue weighted by molar-refractivity contribution is 5.66. The number of hydrogen-bond donors (Lipinski definition) is 1. The molecule has 0 aliphatic carbocycles. The lowest BCUT2D eigenvalue weighted by Crippen LogP contribution is -2.12. The van der Waals surface area contributed by atoms with Gasteiger partial charge in [-0.2, -0.15) is 0 Å². The van der Waals surface area contributed by atoms with Crippen molar-refractivity contribution in [2.24, 2.45) is 0 Å².